The summed E-state index contributed by atoms with van der Waals surface area (Å²) in [4.78, 5) is 23.5. The molecule has 0 unspecified atom stereocenters. The highest BCUT2D eigenvalue weighted by Crippen LogP contribution is 2.24. The summed E-state index contributed by atoms with van der Waals surface area (Å²) in [6.07, 6.45) is 9.14. The quantitative estimate of drug-likeness (QED) is 0.720. The number of hydrogen-bond acceptors (Lipinski definition) is 5. The van der Waals surface area contributed by atoms with E-state index in [2.05, 4.69) is 25.8 Å². The summed E-state index contributed by atoms with van der Waals surface area (Å²) < 4.78 is 3.94. The van der Waals surface area contributed by atoms with Crippen molar-refractivity contribution >= 4 is 17.2 Å². The average molecular weight is 356 g/mol. The summed E-state index contributed by atoms with van der Waals surface area (Å²) in [5.41, 5.74) is 2.33. The molecule has 4 heterocycles. The number of carbonyl (C=O) groups excluding carboxylic acids is 1. The minimum Gasteiger partial charge on any atom is -0.335 e. The van der Waals surface area contributed by atoms with Crippen molar-refractivity contribution in [3.05, 3.63) is 41.2 Å². The van der Waals surface area contributed by atoms with Crippen molar-refractivity contribution in [1.82, 2.24) is 29.2 Å². The van der Waals surface area contributed by atoms with Crippen LogP contribution >= 0.6 is 11.3 Å². The molecular formula is C17H20N6OS. The van der Waals surface area contributed by atoms with E-state index in [9.17, 15) is 4.79 Å². The zero-order valence-electron chi connectivity index (χ0n) is 14.3. The zero-order valence-corrected chi connectivity index (χ0v) is 15.2. The van der Waals surface area contributed by atoms with E-state index in [-0.39, 0.29) is 5.91 Å². The molecule has 1 aliphatic heterocycles. The predicted molar refractivity (Wildman–Crippen MR) is 95.3 cm³/mol. The second kappa shape index (κ2) is 6.44. The topological polar surface area (TPSA) is 68.8 Å². The number of hydrogen-bond donors (Lipinski definition) is 0. The van der Waals surface area contributed by atoms with E-state index in [1.807, 2.05) is 13.2 Å². The molecule has 0 spiro atoms. The molecule has 8 heteroatoms. The van der Waals surface area contributed by atoms with Crippen LogP contribution in [0.25, 0.3) is 10.6 Å². The predicted octanol–water partition coefficient (Wildman–Crippen LogP) is 2.35. The Morgan fingerprint density at radius 3 is 2.96 bits per heavy atom. The Hall–Kier alpha value is -2.48. The van der Waals surface area contributed by atoms with Crippen LogP contribution in [0.5, 0.6) is 0 Å². The standard InChI is InChI=1S/C17H20N6OS/c1-21(9-13-10-23-6-4-3-5-15(23)19-13)17(24)14-11-25-16(20-14)12-7-18-22(2)8-12/h7-8,10-11H,3-6,9H2,1-2H3. The Labute approximate surface area is 149 Å². The SMILES string of the molecule is CN(Cc1cn2c(n1)CCCC2)C(=O)c1csc(-c2cnn(C)c2)n1. The van der Waals surface area contributed by atoms with Crippen LogP contribution in [0.3, 0.4) is 0 Å². The van der Waals surface area contributed by atoms with Gasteiger partial charge in [0.25, 0.3) is 5.91 Å². The molecular weight excluding hydrogens is 336 g/mol. The highest BCUT2D eigenvalue weighted by molar-refractivity contribution is 7.13. The molecule has 0 fully saturated rings. The number of aryl methyl sites for hydroxylation is 3. The third kappa shape index (κ3) is 3.21. The lowest BCUT2D eigenvalue weighted by Gasteiger charge is -2.14. The third-order valence-corrected chi connectivity index (χ3v) is 5.27. The summed E-state index contributed by atoms with van der Waals surface area (Å²) in [6, 6.07) is 0. The summed E-state index contributed by atoms with van der Waals surface area (Å²) in [5.74, 6) is 1.05. The maximum Gasteiger partial charge on any atom is 0.273 e. The van der Waals surface area contributed by atoms with Crippen molar-refractivity contribution in [2.24, 2.45) is 7.05 Å². The molecule has 0 saturated carbocycles. The first kappa shape index (κ1) is 16.0. The third-order valence-electron chi connectivity index (χ3n) is 4.38. The van der Waals surface area contributed by atoms with E-state index in [4.69, 9.17) is 0 Å². The fraction of sp³-hybridized carbons (Fsp3) is 0.412. The van der Waals surface area contributed by atoms with Gasteiger partial charge >= 0.3 is 0 Å². The number of rotatable bonds is 4. The van der Waals surface area contributed by atoms with Gasteiger partial charge in [0.15, 0.2) is 0 Å². The first-order valence-electron chi connectivity index (χ1n) is 8.35. The number of imidazole rings is 1. The molecule has 0 radical (unpaired) electrons. The van der Waals surface area contributed by atoms with Crippen LogP contribution in [0, 0.1) is 0 Å². The molecule has 3 aromatic heterocycles. The normalized spacial score (nSPS) is 13.7. The molecule has 7 nitrogen and oxygen atoms in total. The number of thiazole rings is 1. The van der Waals surface area contributed by atoms with Crippen LogP contribution in [0.1, 0.15) is 34.8 Å². The van der Waals surface area contributed by atoms with Gasteiger partial charge in [0, 0.05) is 50.4 Å². The lowest BCUT2D eigenvalue weighted by molar-refractivity contribution is 0.0778. The maximum atomic E-state index is 12.7. The van der Waals surface area contributed by atoms with Crippen molar-refractivity contribution in [2.75, 3.05) is 7.05 Å². The van der Waals surface area contributed by atoms with Gasteiger partial charge < -0.3 is 9.47 Å². The largest absolute Gasteiger partial charge is 0.335 e. The lowest BCUT2D eigenvalue weighted by Crippen LogP contribution is -2.26. The van der Waals surface area contributed by atoms with Crippen molar-refractivity contribution in [1.29, 1.82) is 0 Å². The van der Waals surface area contributed by atoms with Crippen LogP contribution in [-0.2, 0) is 26.6 Å². The van der Waals surface area contributed by atoms with Gasteiger partial charge in [0.2, 0.25) is 0 Å². The minimum atomic E-state index is -0.0858. The lowest BCUT2D eigenvalue weighted by atomic mass is 10.2. The molecule has 130 valence electrons. The molecule has 0 atom stereocenters. The average Bonchev–Trinajstić information content (AvgIpc) is 3.32. The number of nitrogens with zero attached hydrogens (tertiary/aromatic N) is 6. The van der Waals surface area contributed by atoms with E-state index in [1.54, 1.807) is 28.2 Å². The highest BCUT2D eigenvalue weighted by atomic mass is 32.1. The Kier molecular flexibility index (Phi) is 4.12. The van der Waals surface area contributed by atoms with Crippen molar-refractivity contribution in [3.8, 4) is 10.6 Å². The summed E-state index contributed by atoms with van der Waals surface area (Å²) in [5, 5.41) is 6.76. The second-order valence-electron chi connectivity index (χ2n) is 6.40. The Balaban J connectivity index is 1.47. The zero-order chi connectivity index (χ0) is 17.4. The van der Waals surface area contributed by atoms with Crippen LogP contribution in [-0.4, -0.2) is 42.2 Å². The van der Waals surface area contributed by atoms with Gasteiger partial charge in [-0.1, -0.05) is 0 Å². The van der Waals surface area contributed by atoms with Gasteiger partial charge in [0.1, 0.15) is 16.5 Å². The van der Waals surface area contributed by atoms with E-state index in [0.717, 1.165) is 35.1 Å². The van der Waals surface area contributed by atoms with Gasteiger partial charge in [-0.2, -0.15) is 5.10 Å². The summed E-state index contributed by atoms with van der Waals surface area (Å²) in [7, 11) is 3.66. The maximum absolute atomic E-state index is 12.7. The van der Waals surface area contributed by atoms with E-state index in [0.29, 0.717) is 12.2 Å². The minimum absolute atomic E-state index is 0.0858. The van der Waals surface area contributed by atoms with Gasteiger partial charge in [-0.15, -0.1) is 11.3 Å². The van der Waals surface area contributed by atoms with E-state index in [1.165, 1.54) is 24.2 Å². The molecule has 0 aliphatic carbocycles. The van der Waals surface area contributed by atoms with Crippen LogP contribution in [0.15, 0.2) is 24.0 Å². The molecule has 1 aliphatic rings. The number of carbonyl (C=O) groups is 1. The number of aromatic nitrogens is 5. The van der Waals surface area contributed by atoms with Crippen LogP contribution < -0.4 is 0 Å². The van der Waals surface area contributed by atoms with Gasteiger partial charge in [0.05, 0.1) is 18.4 Å². The summed E-state index contributed by atoms with van der Waals surface area (Å²) >= 11 is 1.46. The van der Waals surface area contributed by atoms with Crippen molar-refractivity contribution < 1.29 is 4.79 Å². The molecule has 0 bridgehead atoms. The molecule has 0 aromatic carbocycles. The highest BCUT2D eigenvalue weighted by Gasteiger charge is 2.19. The van der Waals surface area contributed by atoms with Gasteiger partial charge in [-0.05, 0) is 12.8 Å². The Bertz CT molecular complexity index is 885. The fourth-order valence-electron chi connectivity index (χ4n) is 3.09. The van der Waals surface area contributed by atoms with Crippen molar-refractivity contribution in [3.63, 3.8) is 0 Å². The smallest absolute Gasteiger partial charge is 0.273 e. The van der Waals surface area contributed by atoms with Crippen LogP contribution in [0.2, 0.25) is 0 Å². The molecule has 0 saturated heterocycles. The summed E-state index contributed by atoms with van der Waals surface area (Å²) in [6.45, 7) is 1.53. The Morgan fingerprint density at radius 1 is 1.32 bits per heavy atom. The molecule has 1 amide bonds. The van der Waals surface area contributed by atoms with E-state index >= 15 is 0 Å². The van der Waals surface area contributed by atoms with Gasteiger partial charge in [-0.25, -0.2) is 9.97 Å². The molecule has 3 aromatic rings. The number of fused-ring (bicyclic) bond motifs is 1. The molecule has 0 N–H and O–H groups in total. The van der Waals surface area contributed by atoms with Gasteiger partial charge in [-0.3, -0.25) is 9.48 Å². The molecule has 25 heavy (non-hydrogen) atoms. The second-order valence-corrected chi connectivity index (χ2v) is 7.26. The monoisotopic (exact) mass is 356 g/mol. The fourth-order valence-corrected chi connectivity index (χ4v) is 3.86. The van der Waals surface area contributed by atoms with Crippen LogP contribution in [0.4, 0.5) is 0 Å². The first-order valence-corrected chi connectivity index (χ1v) is 9.23. The molecule has 4 rings (SSSR count). The first-order chi connectivity index (χ1) is 12.1. The van der Waals surface area contributed by atoms with Crippen molar-refractivity contribution in [2.45, 2.75) is 32.4 Å². The Morgan fingerprint density at radius 2 is 2.20 bits per heavy atom. The van der Waals surface area contributed by atoms with E-state index < -0.39 is 0 Å². The number of amides is 1.